The van der Waals surface area contributed by atoms with Crippen molar-refractivity contribution in [2.45, 2.75) is 6.42 Å². The second-order valence-electron chi connectivity index (χ2n) is 4.39. The van der Waals surface area contributed by atoms with Gasteiger partial charge in [-0.05, 0) is 32.0 Å². The van der Waals surface area contributed by atoms with Crippen molar-refractivity contribution in [3.63, 3.8) is 0 Å². The Morgan fingerprint density at radius 1 is 1.41 bits per heavy atom. The van der Waals surface area contributed by atoms with Gasteiger partial charge in [-0.3, -0.25) is 0 Å². The van der Waals surface area contributed by atoms with Crippen molar-refractivity contribution >= 4 is 40.6 Å². The minimum Gasteiger partial charge on any atom is -0.368 e. The lowest BCUT2D eigenvalue weighted by Crippen LogP contribution is -2.19. The van der Waals surface area contributed by atoms with Gasteiger partial charge in [0, 0.05) is 13.1 Å². The van der Waals surface area contributed by atoms with Crippen molar-refractivity contribution in [2.24, 2.45) is 5.92 Å². The Morgan fingerprint density at radius 3 is 2.82 bits per heavy atom. The SMILES string of the molecule is CN1CCC(CNc2nc(Cl)c(Cl)cc2Cl)C1. The molecule has 0 radical (unpaired) electrons. The Morgan fingerprint density at radius 2 is 2.18 bits per heavy atom. The summed E-state index contributed by atoms with van der Waals surface area (Å²) in [7, 11) is 2.13. The van der Waals surface area contributed by atoms with Gasteiger partial charge in [-0.1, -0.05) is 34.8 Å². The second-order valence-corrected chi connectivity index (χ2v) is 5.56. The molecule has 1 aliphatic rings. The first-order valence-corrected chi connectivity index (χ1v) is 6.63. The molecule has 3 nitrogen and oxygen atoms in total. The highest BCUT2D eigenvalue weighted by Crippen LogP contribution is 2.29. The number of aromatic nitrogens is 1. The summed E-state index contributed by atoms with van der Waals surface area (Å²) in [6, 6.07) is 1.61. The van der Waals surface area contributed by atoms with Crippen LogP contribution in [0.25, 0.3) is 0 Å². The van der Waals surface area contributed by atoms with Crippen molar-refractivity contribution in [3.8, 4) is 0 Å². The van der Waals surface area contributed by atoms with E-state index in [1.807, 2.05) is 0 Å². The molecule has 94 valence electrons. The van der Waals surface area contributed by atoms with E-state index in [0.29, 0.717) is 21.8 Å². The highest BCUT2D eigenvalue weighted by Gasteiger charge is 2.19. The third kappa shape index (κ3) is 3.38. The van der Waals surface area contributed by atoms with Crippen LogP contribution in [0.3, 0.4) is 0 Å². The van der Waals surface area contributed by atoms with Crippen LogP contribution in [0, 0.1) is 5.92 Å². The van der Waals surface area contributed by atoms with Crippen LogP contribution in [0.5, 0.6) is 0 Å². The highest BCUT2D eigenvalue weighted by molar-refractivity contribution is 6.42. The molecule has 1 unspecified atom stereocenters. The number of pyridine rings is 1. The zero-order valence-electron chi connectivity index (χ0n) is 9.51. The summed E-state index contributed by atoms with van der Waals surface area (Å²) in [5.41, 5.74) is 0. The van der Waals surface area contributed by atoms with Gasteiger partial charge in [0.15, 0.2) is 0 Å². The van der Waals surface area contributed by atoms with Gasteiger partial charge in [0.05, 0.1) is 10.0 Å². The van der Waals surface area contributed by atoms with Crippen LogP contribution in [0.2, 0.25) is 15.2 Å². The number of likely N-dealkylation sites (tertiary alicyclic amines) is 1. The fourth-order valence-electron chi connectivity index (χ4n) is 2.00. The number of hydrogen-bond acceptors (Lipinski definition) is 3. The van der Waals surface area contributed by atoms with E-state index < -0.39 is 0 Å². The van der Waals surface area contributed by atoms with E-state index in [-0.39, 0.29) is 5.15 Å². The Kier molecular flexibility index (Phi) is 4.36. The van der Waals surface area contributed by atoms with E-state index in [0.717, 1.165) is 19.6 Å². The maximum Gasteiger partial charge on any atom is 0.150 e. The van der Waals surface area contributed by atoms with Gasteiger partial charge in [0.1, 0.15) is 11.0 Å². The lowest BCUT2D eigenvalue weighted by molar-refractivity contribution is 0.399. The lowest BCUT2D eigenvalue weighted by Gasteiger charge is -2.13. The fraction of sp³-hybridized carbons (Fsp3) is 0.545. The average molecular weight is 295 g/mol. The van der Waals surface area contributed by atoms with Gasteiger partial charge in [0.2, 0.25) is 0 Å². The maximum absolute atomic E-state index is 6.04. The van der Waals surface area contributed by atoms with Crippen molar-refractivity contribution < 1.29 is 0 Å². The number of nitrogens with one attached hydrogen (secondary N) is 1. The number of anilines is 1. The van der Waals surface area contributed by atoms with E-state index in [1.165, 1.54) is 6.42 Å². The van der Waals surface area contributed by atoms with Crippen LogP contribution in [-0.2, 0) is 0 Å². The first kappa shape index (κ1) is 13.2. The molecule has 0 amide bonds. The molecule has 0 aliphatic carbocycles. The topological polar surface area (TPSA) is 28.2 Å². The standard InChI is InChI=1S/C11H14Cl3N3/c1-17-3-2-7(6-17)5-15-11-9(13)4-8(12)10(14)16-11/h4,7H,2-3,5-6H2,1H3,(H,15,16). The van der Waals surface area contributed by atoms with Crippen LogP contribution in [0.15, 0.2) is 6.07 Å². The van der Waals surface area contributed by atoms with Crippen molar-refractivity contribution in [3.05, 3.63) is 21.3 Å². The number of hydrogen-bond donors (Lipinski definition) is 1. The molecule has 6 heteroatoms. The summed E-state index contributed by atoms with van der Waals surface area (Å²) in [5.74, 6) is 1.24. The van der Waals surface area contributed by atoms with Gasteiger partial charge >= 0.3 is 0 Å². The van der Waals surface area contributed by atoms with Crippen LogP contribution >= 0.6 is 34.8 Å². The fourth-order valence-corrected chi connectivity index (χ4v) is 2.57. The minimum atomic E-state index is 0.280. The monoisotopic (exact) mass is 293 g/mol. The number of halogens is 3. The van der Waals surface area contributed by atoms with Crippen LogP contribution < -0.4 is 5.32 Å². The first-order valence-electron chi connectivity index (χ1n) is 5.50. The molecule has 0 spiro atoms. The quantitative estimate of drug-likeness (QED) is 0.866. The van der Waals surface area contributed by atoms with E-state index in [4.69, 9.17) is 34.8 Å². The molecule has 1 aromatic rings. The Bertz CT molecular complexity index is 411. The average Bonchev–Trinajstić information content (AvgIpc) is 2.68. The Labute approximate surface area is 116 Å². The third-order valence-electron chi connectivity index (χ3n) is 2.93. The molecule has 1 saturated heterocycles. The molecule has 1 fully saturated rings. The van der Waals surface area contributed by atoms with Gasteiger partial charge in [-0.15, -0.1) is 0 Å². The molecule has 1 N–H and O–H groups in total. The van der Waals surface area contributed by atoms with Crippen molar-refractivity contribution in [1.29, 1.82) is 0 Å². The maximum atomic E-state index is 6.04. The van der Waals surface area contributed by atoms with Gasteiger partial charge in [0.25, 0.3) is 0 Å². The van der Waals surface area contributed by atoms with Gasteiger partial charge in [-0.2, -0.15) is 0 Å². The molecule has 0 aromatic carbocycles. The normalized spacial score (nSPS) is 20.8. The van der Waals surface area contributed by atoms with Crippen LogP contribution in [-0.4, -0.2) is 36.6 Å². The minimum absolute atomic E-state index is 0.280. The number of rotatable bonds is 3. The molecule has 0 bridgehead atoms. The number of nitrogens with zero attached hydrogens (tertiary/aromatic N) is 2. The summed E-state index contributed by atoms with van der Waals surface area (Å²) in [4.78, 5) is 6.44. The lowest BCUT2D eigenvalue weighted by atomic mass is 10.1. The summed E-state index contributed by atoms with van der Waals surface area (Å²) >= 11 is 17.7. The van der Waals surface area contributed by atoms with Gasteiger partial charge in [-0.25, -0.2) is 4.98 Å². The first-order chi connectivity index (χ1) is 8.06. The Balaban J connectivity index is 1.97. The largest absolute Gasteiger partial charge is 0.368 e. The Hall–Kier alpha value is -0.220. The molecule has 2 rings (SSSR count). The van der Waals surface area contributed by atoms with Crippen molar-refractivity contribution in [2.75, 3.05) is 32.0 Å². The molecular formula is C11H14Cl3N3. The van der Waals surface area contributed by atoms with E-state index in [1.54, 1.807) is 6.07 Å². The summed E-state index contributed by atoms with van der Waals surface area (Å²) in [5, 5.41) is 4.39. The highest BCUT2D eigenvalue weighted by atomic mass is 35.5. The third-order valence-corrected chi connectivity index (χ3v) is 3.89. The molecule has 0 saturated carbocycles. The summed E-state index contributed by atoms with van der Waals surface area (Å²) in [6.07, 6.45) is 1.20. The smallest absolute Gasteiger partial charge is 0.150 e. The van der Waals surface area contributed by atoms with E-state index in [9.17, 15) is 0 Å². The zero-order valence-corrected chi connectivity index (χ0v) is 11.8. The summed E-state index contributed by atoms with van der Waals surface area (Å²) in [6.45, 7) is 3.11. The molecule has 1 aromatic heterocycles. The van der Waals surface area contributed by atoms with Crippen LogP contribution in [0.1, 0.15) is 6.42 Å². The molecule has 1 atom stereocenters. The molecular weight excluding hydrogens is 281 g/mol. The molecule has 2 heterocycles. The zero-order chi connectivity index (χ0) is 12.4. The van der Waals surface area contributed by atoms with E-state index >= 15 is 0 Å². The van der Waals surface area contributed by atoms with Gasteiger partial charge < -0.3 is 10.2 Å². The molecule has 1 aliphatic heterocycles. The van der Waals surface area contributed by atoms with Crippen molar-refractivity contribution in [1.82, 2.24) is 9.88 Å². The van der Waals surface area contributed by atoms with E-state index in [2.05, 4.69) is 22.2 Å². The predicted octanol–water partition coefficient (Wildman–Crippen LogP) is 3.41. The summed E-state index contributed by atoms with van der Waals surface area (Å²) < 4.78 is 0. The second kappa shape index (κ2) is 5.61. The molecule has 17 heavy (non-hydrogen) atoms. The predicted molar refractivity (Wildman–Crippen MR) is 73.4 cm³/mol. The van der Waals surface area contributed by atoms with Crippen LogP contribution in [0.4, 0.5) is 5.82 Å².